The lowest BCUT2D eigenvalue weighted by Gasteiger charge is -2.37. The Morgan fingerprint density at radius 3 is 2.50 bits per heavy atom. The fourth-order valence-corrected chi connectivity index (χ4v) is 5.43. The Kier molecular flexibility index (Phi) is 6.84. The quantitative estimate of drug-likeness (QED) is 0.814. The molecule has 0 radical (unpaired) electrons. The van der Waals surface area contributed by atoms with E-state index in [1.165, 1.54) is 25.7 Å². The maximum absolute atomic E-state index is 12.9. The molecule has 0 bridgehead atoms. The molecule has 4 rings (SSSR count). The molecule has 0 aromatic heterocycles. The van der Waals surface area contributed by atoms with Crippen molar-refractivity contribution < 1.29 is 9.59 Å². The first-order valence-electron chi connectivity index (χ1n) is 10.5. The van der Waals surface area contributed by atoms with Gasteiger partial charge in [0.15, 0.2) is 0 Å². The van der Waals surface area contributed by atoms with Crippen molar-refractivity contribution in [3.8, 4) is 0 Å². The van der Waals surface area contributed by atoms with Crippen LogP contribution < -0.4 is 5.32 Å². The first-order valence-corrected chi connectivity index (χ1v) is 10.5. The largest absolute Gasteiger partial charge is 0.342 e. The van der Waals surface area contributed by atoms with Crippen LogP contribution in [0.25, 0.3) is 0 Å². The van der Waals surface area contributed by atoms with Crippen LogP contribution in [0, 0.1) is 11.8 Å². The minimum absolute atomic E-state index is 0. The van der Waals surface area contributed by atoms with Crippen molar-refractivity contribution in [2.24, 2.45) is 11.8 Å². The molecule has 5 nitrogen and oxygen atoms in total. The van der Waals surface area contributed by atoms with Crippen LogP contribution in [0.3, 0.4) is 0 Å². The molecule has 3 saturated heterocycles. The van der Waals surface area contributed by atoms with Gasteiger partial charge in [0.1, 0.15) is 0 Å². The molecule has 4 aliphatic rings. The van der Waals surface area contributed by atoms with Crippen molar-refractivity contribution in [1.29, 1.82) is 0 Å². The number of hydrogen-bond acceptors (Lipinski definition) is 3. The molecular formula is C20H34ClN3O2. The second-order valence-corrected chi connectivity index (χ2v) is 8.67. The monoisotopic (exact) mass is 383 g/mol. The number of piperidine rings is 2. The Labute approximate surface area is 163 Å². The molecule has 3 atom stereocenters. The third-order valence-corrected chi connectivity index (χ3v) is 6.99. The van der Waals surface area contributed by atoms with E-state index in [1.807, 2.05) is 0 Å². The lowest BCUT2D eigenvalue weighted by atomic mass is 9.85. The molecule has 1 N–H and O–H groups in total. The second kappa shape index (κ2) is 8.92. The molecule has 1 aliphatic carbocycles. The number of rotatable bonds is 3. The molecule has 3 unspecified atom stereocenters. The van der Waals surface area contributed by atoms with Crippen LogP contribution in [0.1, 0.15) is 64.2 Å². The standard InChI is InChI=1S/C20H33N3O2.ClH/c24-19-7-3-4-10-23(19)14-15-8-11-22(12-9-15)20(25)18-13-16-5-1-2-6-17(16)21-18;/h15-18,21H,1-14H2;1H. The van der Waals surface area contributed by atoms with Gasteiger partial charge in [0, 0.05) is 38.6 Å². The van der Waals surface area contributed by atoms with Gasteiger partial charge in [-0.1, -0.05) is 12.8 Å². The number of halogens is 1. The van der Waals surface area contributed by atoms with Gasteiger partial charge in [0.05, 0.1) is 6.04 Å². The van der Waals surface area contributed by atoms with Gasteiger partial charge in [-0.05, 0) is 56.8 Å². The van der Waals surface area contributed by atoms with Gasteiger partial charge < -0.3 is 15.1 Å². The predicted octanol–water partition coefficient (Wildman–Crippen LogP) is 2.58. The third-order valence-electron chi connectivity index (χ3n) is 6.99. The van der Waals surface area contributed by atoms with Crippen molar-refractivity contribution >= 4 is 24.2 Å². The highest BCUT2D eigenvalue weighted by molar-refractivity contribution is 5.85. The smallest absolute Gasteiger partial charge is 0.239 e. The van der Waals surface area contributed by atoms with Crippen LogP contribution in [-0.2, 0) is 9.59 Å². The Morgan fingerprint density at radius 1 is 1.00 bits per heavy atom. The maximum Gasteiger partial charge on any atom is 0.239 e. The van der Waals surface area contributed by atoms with Gasteiger partial charge in [-0.3, -0.25) is 9.59 Å². The number of hydrogen-bond donors (Lipinski definition) is 1. The molecule has 0 aromatic rings. The fraction of sp³-hybridized carbons (Fsp3) is 0.900. The minimum atomic E-state index is 0. The SMILES string of the molecule is Cl.O=C1CCCCN1CC1CCN(C(=O)C2CC3CCCCC3N2)CC1. The van der Waals surface area contributed by atoms with E-state index >= 15 is 0 Å². The average molecular weight is 384 g/mol. The number of carbonyl (C=O) groups excluding carboxylic acids is 2. The predicted molar refractivity (Wildman–Crippen MR) is 104 cm³/mol. The van der Waals surface area contributed by atoms with E-state index in [2.05, 4.69) is 15.1 Å². The van der Waals surface area contributed by atoms with E-state index < -0.39 is 0 Å². The van der Waals surface area contributed by atoms with E-state index in [0.29, 0.717) is 23.8 Å². The molecule has 1 saturated carbocycles. The van der Waals surface area contributed by atoms with E-state index in [9.17, 15) is 9.59 Å². The molecule has 4 fully saturated rings. The summed E-state index contributed by atoms with van der Waals surface area (Å²) < 4.78 is 0. The lowest BCUT2D eigenvalue weighted by Crippen LogP contribution is -2.49. The van der Waals surface area contributed by atoms with Crippen molar-refractivity contribution in [1.82, 2.24) is 15.1 Å². The first-order chi connectivity index (χ1) is 12.2. The van der Waals surface area contributed by atoms with Crippen molar-refractivity contribution in [3.63, 3.8) is 0 Å². The summed E-state index contributed by atoms with van der Waals surface area (Å²) in [7, 11) is 0. The summed E-state index contributed by atoms with van der Waals surface area (Å²) in [5.41, 5.74) is 0. The Morgan fingerprint density at radius 2 is 1.77 bits per heavy atom. The van der Waals surface area contributed by atoms with Gasteiger partial charge in [0.2, 0.25) is 11.8 Å². The third kappa shape index (κ3) is 4.36. The zero-order valence-electron chi connectivity index (χ0n) is 15.8. The molecule has 148 valence electrons. The number of carbonyl (C=O) groups is 2. The number of likely N-dealkylation sites (tertiary alicyclic amines) is 2. The Hall–Kier alpha value is -0.810. The van der Waals surface area contributed by atoms with Gasteiger partial charge >= 0.3 is 0 Å². The van der Waals surface area contributed by atoms with E-state index in [1.54, 1.807) is 0 Å². The Bertz CT molecular complexity index is 493. The average Bonchev–Trinajstić information content (AvgIpc) is 3.08. The zero-order chi connectivity index (χ0) is 17.2. The highest BCUT2D eigenvalue weighted by atomic mass is 35.5. The van der Waals surface area contributed by atoms with Crippen LogP contribution >= 0.6 is 12.4 Å². The van der Waals surface area contributed by atoms with Crippen LogP contribution in [0.5, 0.6) is 0 Å². The Balaban J connectivity index is 0.00000196. The van der Waals surface area contributed by atoms with Gasteiger partial charge in [-0.15, -0.1) is 12.4 Å². The number of nitrogens with one attached hydrogen (secondary N) is 1. The van der Waals surface area contributed by atoms with Crippen molar-refractivity contribution in [2.45, 2.75) is 76.3 Å². The first kappa shape index (κ1) is 19.9. The molecule has 3 aliphatic heterocycles. The summed E-state index contributed by atoms with van der Waals surface area (Å²) in [6, 6.07) is 0.652. The lowest BCUT2D eigenvalue weighted by molar-refractivity contribution is -0.137. The summed E-state index contributed by atoms with van der Waals surface area (Å²) in [6.07, 6.45) is 11.3. The summed E-state index contributed by atoms with van der Waals surface area (Å²) >= 11 is 0. The van der Waals surface area contributed by atoms with Crippen molar-refractivity contribution in [2.75, 3.05) is 26.2 Å². The maximum atomic E-state index is 12.9. The van der Waals surface area contributed by atoms with E-state index in [-0.39, 0.29) is 18.4 Å². The number of nitrogens with zero attached hydrogens (tertiary/aromatic N) is 2. The van der Waals surface area contributed by atoms with Crippen LogP contribution in [-0.4, -0.2) is 59.9 Å². The van der Waals surface area contributed by atoms with E-state index in [0.717, 1.165) is 70.6 Å². The number of amides is 2. The van der Waals surface area contributed by atoms with E-state index in [4.69, 9.17) is 0 Å². The van der Waals surface area contributed by atoms with Gasteiger partial charge in [-0.25, -0.2) is 0 Å². The topological polar surface area (TPSA) is 52.7 Å². The summed E-state index contributed by atoms with van der Waals surface area (Å²) in [5.74, 6) is 1.97. The molecular weight excluding hydrogens is 350 g/mol. The fourth-order valence-electron chi connectivity index (χ4n) is 5.43. The van der Waals surface area contributed by atoms with Crippen LogP contribution in [0.15, 0.2) is 0 Å². The summed E-state index contributed by atoms with van der Waals surface area (Å²) in [4.78, 5) is 29.0. The second-order valence-electron chi connectivity index (χ2n) is 8.67. The number of fused-ring (bicyclic) bond motifs is 1. The highest BCUT2D eigenvalue weighted by Crippen LogP contribution is 2.34. The molecule has 6 heteroatoms. The molecule has 2 amide bonds. The minimum Gasteiger partial charge on any atom is -0.342 e. The normalized spacial score (nSPS) is 32.9. The molecule has 0 aromatic carbocycles. The zero-order valence-corrected chi connectivity index (χ0v) is 16.6. The summed E-state index contributed by atoms with van der Waals surface area (Å²) in [6.45, 7) is 3.59. The van der Waals surface area contributed by atoms with Crippen LogP contribution in [0.2, 0.25) is 0 Å². The van der Waals surface area contributed by atoms with Gasteiger partial charge in [0.25, 0.3) is 0 Å². The van der Waals surface area contributed by atoms with Gasteiger partial charge in [-0.2, -0.15) is 0 Å². The molecule has 3 heterocycles. The highest BCUT2D eigenvalue weighted by Gasteiger charge is 2.40. The van der Waals surface area contributed by atoms with Crippen LogP contribution in [0.4, 0.5) is 0 Å². The van der Waals surface area contributed by atoms with Crippen molar-refractivity contribution in [3.05, 3.63) is 0 Å². The summed E-state index contributed by atoms with van der Waals surface area (Å²) in [5, 5.41) is 3.63. The molecule has 26 heavy (non-hydrogen) atoms. The molecule has 0 spiro atoms.